The normalized spacial score (nSPS) is 19.0. The lowest BCUT2D eigenvalue weighted by molar-refractivity contribution is -0.137. The second kappa shape index (κ2) is 9.88. The highest BCUT2D eigenvalue weighted by molar-refractivity contribution is 9.10. The molecule has 2 aromatic rings. The van der Waals surface area contributed by atoms with Gasteiger partial charge in [-0.1, -0.05) is 46.3 Å². The average Bonchev–Trinajstić information content (AvgIpc) is 3.06. The summed E-state index contributed by atoms with van der Waals surface area (Å²) in [7, 11) is 0. The van der Waals surface area contributed by atoms with Gasteiger partial charge in [-0.25, -0.2) is 0 Å². The van der Waals surface area contributed by atoms with Crippen molar-refractivity contribution < 1.29 is 19.4 Å². The number of hydrogen-bond donors (Lipinski definition) is 1. The number of amides is 1. The van der Waals surface area contributed by atoms with Gasteiger partial charge in [-0.15, -0.1) is 0 Å². The number of fused-ring (bicyclic) bond motifs is 2. The van der Waals surface area contributed by atoms with Crippen molar-refractivity contribution in [1.29, 1.82) is 0 Å². The van der Waals surface area contributed by atoms with Gasteiger partial charge < -0.3 is 14.7 Å². The molecule has 176 valence electrons. The third-order valence-electron chi connectivity index (χ3n) is 7.09. The number of nitrogens with zero attached hydrogens (tertiary/aromatic N) is 1. The molecule has 4 rings (SSSR count). The zero-order valence-electron chi connectivity index (χ0n) is 19.4. The van der Waals surface area contributed by atoms with E-state index >= 15 is 0 Å². The second-order valence-corrected chi connectivity index (χ2v) is 10.5. The summed E-state index contributed by atoms with van der Waals surface area (Å²) in [5.41, 5.74) is 3.44. The van der Waals surface area contributed by atoms with E-state index in [0.717, 1.165) is 40.6 Å². The van der Waals surface area contributed by atoms with Crippen molar-refractivity contribution in [2.24, 2.45) is 0 Å². The minimum atomic E-state index is -0.752. The van der Waals surface area contributed by atoms with Gasteiger partial charge in [0.25, 0.3) is 0 Å². The van der Waals surface area contributed by atoms with Gasteiger partial charge in [-0.2, -0.15) is 0 Å². The van der Waals surface area contributed by atoms with E-state index in [0.29, 0.717) is 25.9 Å². The van der Waals surface area contributed by atoms with Crippen LogP contribution in [0.3, 0.4) is 0 Å². The number of aryl methyl sites for hydroxylation is 1. The molecule has 1 atom stereocenters. The zero-order chi connectivity index (χ0) is 23.6. The summed E-state index contributed by atoms with van der Waals surface area (Å²) >= 11 is 3.73. The van der Waals surface area contributed by atoms with E-state index < -0.39 is 5.97 Å². The Morgan fingerprint density at radius 3 is 2.58 bits per heavy atom. The summed E-state index contributed by atoms with van der Waals surface area (Å²) < 4.78 is 6.96. The van der Waals surface area contributed by atoms with Crippen molar-refractivity contribution in [2.45, 2.75) is 69.8 Å². The van der Waals surface area contributed by atoms with E-state index in [1.807, 2.05) is 49.1 Å². The Morgan fingerprint density at radius 2 is 1.88 bits per heavy atom. The average molecular weight is 514 g/mol. The van der Waals surface area contributed by atoms with Crippen molar-refractivity contribution in [2.75, 3.05) is 13.1 Å². The maximum atomic E-state index is 13.0. The number of hydrogen-bond acceptors (Lipinski definition) is 3. The molecule has 6 heteroatoms. The van der Waals surface area contributed by atoms with Crippen LogP contribution in [-0.4, -0.2) is 41.1 Å². The number of carboxylic acid groups (broad SMARTS) is 1. The van der Waals surface area contributed by atoms with Crippen molar-refractivity contribution in [3.63, 3.8) is 0 Å². The number of rotatable bonds is 7. The number of carbonyl (C=O) groups is 2. The topological polar surface area (TPSA) is 66.8 Å². The fourth-order valence-corrected chi connectivity index (χ4v) is 6.44. The Labute approximate surface area is 204 Å². The summed E-state index contributed by atoms with van der Waals surface area (Å²) in [6, 6.07) is 14.1. The van der Waals surface area contributed by atoms with Gasteiger partial charge in [0.1, 0.15) is 5.75 Å². The number of para-hydroxylation sites is 1. The van der Waals surface area contributed by atoms with Crippen molar-refractivity contribution in [3.8, 4) is 5.75 Å². The van der Waals surface area contributed by atoms with E-state index in [2.05, 4.69) is 28.1 Å². The summed E-state index contributed by atoms with van der Waals surface area (Å²) in [5, 5.41) is 9.42. The minimum Gasteiger partial charge on any atom is -0.491 e. The first-order chi connectivity index (χ1) is 15.8. The van der Waals surface area contributed by atoms with Crippen LogP contribution in [0.25, 0.3) is 0 Å². The molecule has 2 aromatic carbocycles. The molecule has 1 spiro atoms. The van der Waals surface area contributed by atoms with Crippen LogP contribution in [0.1, 0.15) is 68.6 Å². The molecule has 0 radical (unpaired) electrons. The minimum absolute atomic E-state index is 0.0368. The van der Waals surface area contributed by atoms with Gasteiger partial charge in [-0.3, -0.25) is 9.59 Å². The summed E-state index contributed by atoms with van der Waals surface area (Å²) in [4.78, 5) is 26.5. The van der Waals surface area contributed by atoms with Crippen LogP contribution in [0.4, 0.5) is 0 Å². The molecule has 0 bridgehead atoms. The highest BCUT2D eigenvalue weighted by Crippen LogP contribution is 2.55. The SMILES string of the molecule is CC(C)Oc1ccccc1CCC(=O)N1CCC2(CC1)CC(CC(=O)O)c1cccc(Br)c12. The Hall–Kier alpha value is -2.34. The van der Waals surface area contributed by atoms with Crippen LogP contribution >= 0.6 is 15.9 Å². The van der Waals surface area contributed by atoms with Crippen LogP contribution < -0.4 is 4.74 Å². The lowest BCUT2D eigenvalue weighted by Gasteiger charge is -2.41. The Kier molecular flexibility index (Phi) is 7.13. The number of piperidine rings is 1. The van der Waals surface area contributed by atoms with E-state index in [1.54, 1.807) is 0 Å². The lowest BCUT2D eigenvalue weighted by Crippen LogP contribution is -2.44. The van der Waals surface area contributed by atoms with E-state index in [1.165, 1.54) is 5.56 Å². The smallest absolute Gasteiger partial charge is 0.303 e. The molecule has 1 N–H and O–H groups in total. The first-order valence-corrected chi connectivity index (χ1v) is 12.6. The quantitative estimate of drug-likeness (QED) is 0.516. The number of likely N-dealkylation sites (tertiary alicyclic amines) is 1. The van der Waals surface area contributed by atoms with Crippen LogP contribution in [0.15, 0.2) is 46.9 Å². The van der Waals surface area contributed by atoms with Crippen LogP contribution in [0.5, 0.6) is 5.75 Å². The molecule has 0 aromatic heterocycles. The summed E-state index contributed by atoms with van der Waals surface area (Å²) in [6.45, 7) is 5.44. The van der Waals surface area contributed by atoms with Gasteiger partial charge >= 0.3 is 5.97 Å². The summed E-state index contributed by atoms with van der Waals surface area (Å²) in [6.07, 6.45) is 3.98. The molecule has 2 aliphatic rings. The molecule has 1 aliphatic heterocycles. The monoisotopic (exact) mass is 513 g/mol. The first-order valence-electron chi connectivity index (χ1n) is 11.8. The molecule has 1 aliphatic carbocycles. The Balaban J connectivity index is 1.41. The maximum Gasteiger partial charge on any atom is 0.303 e. The lowest BCUT2D eigenvalue weighted by atomic mass is 9.73. The van der Waals surface area contributed by atoms with E-state index in [9.17, 15) is 14.7 Å². The van der Waals surface area contributed by atoms with Gasteiger partial charge in [0, 0.05) is 29.4 Å². The van der Waals surface area contributed by atoms with Crippen molar-refractivity contribution in [3.05, 3.63) is 63.6 Å². The molecule has 1 fully saturated rings. The fraction of sp³-hybridized carbons (Fsp3) is 0.481. The van der Waals surface area contributed by atoms with Crippen molar-refractivity contribution >= 4 is 27.8 Å². The molecular formula is C27H32BrNO4. The third kappa shape index (κ3) is 5.11. The predicted octanol–water partition coefficient (Wildman–Crippen LogP) is 5.69. The standard InChI is InChI=1S/C27H32BrNO4/c1-18(2)33-23-9-4-3-6-19(23)10-11-24(30)29-14-12-27(13-15-29)17-20(16-25(31)32)21-7-5-8-22(28)26(21)27/h3-9,18,20H,10-17H2,1-2H3,(H,31,32). The fourth-order valence-electron chi connectivity index (χ4n) is 5.63. The highest BCUT2D eigenvalue weighted by atomic mass is 79.9. The molecule has 1 unspecified atom stereocenters. The van der Waals surface area contributed by atoms with E-state index in [-0.39, 0.29) is 29.8 Å². The molecule has 0 saturated carbocycles. The van der Waals surface area contributed by atoms with Crippen molar-refractivity contribution in [1.82, 2.24) is 4.90 Å². The number of ether oxygens (including phenoxy) is 1. The van der Waals surface area contributed by atoms with Crippen LogP contribution in [0, 0.1) is 0 Å². The zero-order valence-corrected chi connectivity index (χ0v) is 20.9. The maximum absolute atomic E-state index is 13.0. The first kappa shape index (κ1) is 23.8. The third-order valence-corrected chi connectivity index (χ3v) is 7.75. The highest BCUT2D eigenvalue weighted by Gasteiger charge is 2.47. The summed E-state index contributed by atoms with van der Waals surface area (Å²) in [5.74, 6) is 0.318. The predicted molar refractivity (Wildman–Crippen MR) is 132 cm³/mol. The molecule has 1 amide bonds. The van der Waals surface area contributed by atoms with Gasteiger partial charge in [0.15, 0.2) is 0 Å². The number of benzene rings is 2. The van der Waals surface area contributed by atoms with Crippen LogP contribution in [-0.2, 0) is 21.4 Å². The van der Waals surface area contributed by atoms with E-state index in [4.69, 9.17) is 4.74 Å². The molecule has 1 heterocycles. The van der Waals surface area contributed by atoms with Crippen LogP contribution in [0.2, 0.25) is 0 Å². The van der Waals surface area contributed by atoms with Gasteiger partial charge in [-0.05, 0) is 74.3 Å². The second-order valence-electron chi connectivity index (χ2n) is 9.64. The van der Waals surface area contributed by atoms with Gasteiger partial charge in [0.05, 0.1) is 12.5 Å². The van der Waals surface area contributed by atoms with Gasteiger partial charge in [0.2, 0.25) is 5.91 Å². The molecular weight excluding hydrogens is 482 g/mol. The molecule has 33 heavy (non-hydrogen) atoms. The number of carboxylic acids is 1. The molecule has 1 saturated heterocycles. The Bertz CT molecular complexity index is 1030. The largest absolute Gasteiger partial charge is 0.491 e. The number of carbonyl (C=O) groups excluding carboxylic acids is 1. The number of halogens is 1. The molecule has 5 nitrogen and oxygen atoms in total. The number of aliphatic carboxylic acids is 1. The Morgan fingerprint density at radius 1 is 1.15 bits per heavy atom.